The predicted molar refractivity (Wildman–Crippen MR) is 97.8 cm³/mol. The standard InChI is InChI=1S/C18H23N5O2/c1-12(2)7-8-19-18(25)16-10-17(21-11-20-16)23-15-6-4-5-14(9-15)22-13(3)24/h4-6,9-12H,7-8H2,1-3H3,(H,19,25)(H,22,24)(H,20,21,23). The van der Waals surface area contributed by atoms with Crippen molar-refractivity contribution in [1.29, 1.82) is 0 Å². The number of benzene rings is 1. The number of carbonyl (C=O) groups excluding carboxylic acids is 2. The van der Waals surface area contributed by atoms with Crippen molar-refractivity contribution < 1.29 is 9.59 Å². The quantitative estimate of drug-likeness (QED) is 0.719. The maximum atomic E-state index is 12.1. The first-order valence-corrected chi connectivity index (χ1v) is 8.19. The largest absolute Gasteiger partial charge is 0.351 e. The second kappa shape index (κ2) is 8.77. The first kappa shape index (κ1) is 18.4. The monoisotopic (exact) mass is 341 g/mol. The van der Waals surface area contributed by atoms with Crippen LogP contribution < -0.4 is 16.0 Å². The molecular formula is C18H23N5O2. The molecule has 7 nitrogen and oxygen atoms in total. The van der Waals surface area contributed by atoms with E-state index in [1.54, 1.807) is 18.2 Å². The Morgan fingerprint density at radius 1 is 1.12 bits per heavy atom. The van der Waals surface area contributed by atoms with Gasteiger partial charge in [-0.15, -0.1) is 0 Å². The molecule has 3 N–H and O–H groups in total. The van der Waals surface area contributed by atoms with Gasteiger partial charge in [0, 0.05) is 30.9 Å². The van der Waals surface area contributed by atoms with Crippen LogP contribution in [0.4, 0.5) is 17.2 Å². The Morgan fingerprint density at radius 2 is 1.88 bits per heavy atom. The van der Waals surface area contributed by atoms with Crippen LogP contribution >= 0.6 is 0 Å². The van der Waals surface area contributed by atoms with Gasteiger partial charge in [-0.05, 0) is 30.5 Å². The lowest BCUT2D eigenvalue weighted by atomic mass is 10.1. The van der Waals surface area contributed by atoms with Crippen LogP contribution in [0.1, 0.15) is 37.7 Å². The van der Waals surface area contributed by atoms with Crippen molar-refractivity contribution >= 4 is 29.0 Å². The van der Waals surface area contributed by atoms with E-state index < -0.39 is 0 Å². The molecule has 132 valence electrons. The lowest BCUT2D eigenvalue weighted by molar-refractivity contribution is -0.114. The summed E-state index contributed by atoms with van der Waals surface area (Å²) in [6.45, 7) is 6.28. The van der Waals surface area contributed by atoms with Crippen molar-refractivity contribution in [2.75, 3.05) is 17.2 Å². The molecule has 0 bridgehead atoms. The maximum absolute atomic E-state index is 12.1. The molecule has 0 unspecified atom stereocenters. The molecule has 0 spiro atoms. The molecule has 2 amide bonds. The summed E-state index contributed by atoms with van der Waals surface area (Å²) in [4.78, 5) is 31.4. The molecule has 0 aliphatic rings. The number of nitrogens with one attached hydrogen (secondary N) is 3. The lowest BCUT2D eigenvalue weighted by Crippen LogP contribution is -2.26. The average Bonchev–Trinajstić information content (AvgIpc) is 2.54. The van der Waals surface area contributed by atoms with E-state index in [1.807, 2.05) is 12.1 Å². The van der Waals surface area contributed by atoms with Crippen LogP contribution in [0.3, 0.4) is 0 Å². The molecule has 0 fully saturated rings. The van der Waals surface area contributed by atoms with Gasteiger partial charge < -0.3 is 16.0 Å². The smallest absolute Gasteiger partial charge is 0.270 e. The van der Waals surface area contributed by atoms with E-state index in [4.69, 9.17) is 0 Å². The van der Waals surface area contributed by atoms with Gasteiger partial charge in [-0.3, -0.25) is 9.59 Å². The Kier molecular flexibility index (Phi) is 6.45. The number of hydrogen-bond donors (Lipinski definition) is 3. The third-order valence-corrected chi connectivity index (χ3v) is 3.36. The minimum Gasteiger partial charge on any atom is -0.351 e. The van der Waals surface area contributed by atoms with Gasteiger partial charge in [0.05, 0.1) is 0 Å². The molecule has 2 aromatic rings. The number of rotatable bonds is 7. The Labute approximate surface area is 147 Å². The molecule has 0 aliphatic carbocycles. The van der Waals surface area contributed by atoms with Crippen molar-refractivity contribution in [3.63, 3.8) is 0 Å². The van der Waals surface area contributed by atoms with Crippen LogP contribution in [-0.4, -0.2) is 28.3 Å². The minimum atomic E-state index is -0.224. The highest BCUT2D eigenvalue weighted by Crippen LogP contribution is 2.19. The molecule has 0 saturated heterocycles. The average molecular weight is 341 g/mol. The van der Waals surface area contributed by atoms with Gasteiger partial charge in [0.15, 0.2) is 0 Å². The van der Waals surface area contributed by atoms with Gasteiger partial charge in [0.1, 0.15) is 17.8 Å². The first-order chi connectivity index (χ1) is 11.9. The number of hydrogen-bond acceptors (Lipinski definition) is 5. The Hall–Kier alpha value is -2.96. The summed E-state index contributed by atoms with van der Waals surface area (Å²) >= 11 is 0. The SMILES string of the molecule is CC(=O)Nc1cccc(Nc2cc(C(=O)NCCC(C)C)ncn2)c1. The van der Waals surface area contributed by atoms with E-state index in [0.717, 1.165) is 12.1 Å². The summed E-state index contributed by atoms with van der Waals surface area (Å²) in [7, 11) is 0. The van der Waals surface area contributed by atoms with Crippen LogP contribution in [0.15, 0.2) is 36.7 Å². The molecule has 0 radical (unpaired) electrons. The second-order valence-corrected chi connectivity index (χ2v) is 6.11. The molecular weight excluding hydrogens is 318 g/mol. The lowest BCUT2D eigenvalue weighted by Gasteiger charge is -2.10. The Morgan fingerprint density at radius 3 is 2.60 bits per heavy atom. The van der Waals surface area contributed by atoms with Crippen molar-refractivity contribution in [2.45, 2.75) is 27.2 Å². The van der Waals surface area contributed by atoms with Crippen molar-refractivity contribution in [1.82, 2.24) is 15.3 Å². The highest BCUT2D eigenvalue weighted by Gasteiger charge is 2.09. The van der Waals surface area contributed by atoms with E-state index in [9.17, 15) is 9.59 Å². The number of nitrogens with zero attached hydrogens (tertiary/aromatic N) is 2. The number of aromatic nitrogens is 2. The number of carbonyl (C=O) groups is 2. The molecule has 7 heteroatoms. The topological polar surface area (TPSA) is 96.0 Å². The number of amides is 2. The van der Waals surface area contributed by atoms with Gasteiger partial charge >= 0.3 is 0 Å². The second-order valence-electron chi connectivity index (χ2n) is 6.11. The van der Waals surface area contributed by atoms with Crippen molar-refractivity contribution in [3.8, 4) is 0 Å². The van der Waals surface area contributed by atoms with E-state index in [0.29, 0.717) is 29.7 Å². The molecule has 0 saturated carbocycles. The summed E-state index contributed by atoms with van der Waals surface area (Å²) in [5, 5.41) is 8.67. The Bertz CT molecular complexity index is 746. The number of anilines is 3. The minimum absolute atomic E-state index is 0.139. The summed E-state index contributed by atoms with van der Waals surface area (Å²) in [5.41, 5.74) is 1.73. The Balaban J connectivity index is 2.03. The van der Waals surface area contributed by atoms with Gasteiger partial charge in [-0.1, -0.05) is 19.9 Å². The fourth-order valence-electron chi connectivity index (χ4n) is 2.14. The molecule has 1 heterocycles. The summed E-state index contributed by atoms with van der Waals surface area (Å²) in [5.74, 6) is 0.667. The summed E-state index contributed by atoms with van der Waals surface area (Å²) in [6.07, 6.45) is 2.26. The fourth-order valence-corrected chi connectivity index (χ4v) is 2.14. The van der Waals surface area contributed by atoms with E-state index in [-0.39, 0.29) is 11.8 Å². The summed E-state index contributed by atoms with van der Waals surface area (Å²) in [6, 6.07) is 8.83. The van der Waals surface area contributed by atoms with E-state index >= 15 is 0 Å². The highest BCUT2D eigenvalue weighted by molar-refractivity contribution is 5.93. The molecule has 0 aliphatic heterocycles. The maximum Gasteiger partial charge on any atom is 0.270 e. The van der Waals surface area contributed by atoms with Gasteiger partial charge in [0.25, 0.3) is 5.91 Å². The first-order valence-electron chi connectivity index (χ1n) is 8.19. The zero-order valence-electron chi connectivity index (χ0n) is 14.7. The molecule has 1 aromatic heterocycles. The normalized spacial score (nSPS) is 10.4. The summed E-state index contributed by atoms with van der Waals surface area (Å²) < 4.78 is 0. The van der Waals surface area contributed by atoms with Gasteiger partial charge in [-0.2, -0.15) is 0 Å². The van der Waals surface area contributed by atoms with Crippen LogP contribution in [0, 0.1) is 5.92 Å². The highest BCUT2D eigenvalue weighted by atomic mass is 16.2. The van der Waals surface area contributed by atoms with Gasteiger partial charge in [0.2, 0.25) is 5.91 Å². The molecule has 2 rings (SSSR count). The predicted octanol–water partition coefficient (Wildman–Crippen LogP) is 2.95. The van der Waals surface area contributed by atoms with Crippen LogP contribution in [0.5, 0.6) is 0 Å². The van der Waals surface area contributed by atoms with Crippen molar-refractivity contribution in [3.05, 3.63) is 42.4 Å². The van der Waals surface area contributed by atoms with Gasteiger partial charge in [-0.25, -0.2) is 9.97 Å². The van der Waals surface area contributed by atoms with Crippen LogP contribution in [0.2, 0.25) is 0 Å². The van der Waals surface area contributed by atoms with E-state index in [1.165, 1.54) is 13.3 Å². The van der Waals surface area contributed by atoms with Crippen LogP contribution in [0.25, 0.3) is 0 Å². The van der Waals surface area contributed by atoms with Crippen LogP contribution in [-0.2, 0) is 4.79 Å². The molecule has 25 heavy (non-hydrogen) atoms. The third kappa shape index (κ3) is 6.21. The molecule has 1 aromatic carbocycles. The molecule has 0 atom stereocenters. The third-order valence-electron chi connectivity index (χ3n) is 3.36. The van der Waals surface area contributed by atoms with E-state index in [2.05, 4.69) is 39.8 Å². The zero-order valence-corrected chi connectivity index (χ0v) is 14.7. The zero-order chi connectivity index (χ0) is 18.2. The fraction of sp³-hybridized carbons (Fsp3) is 0.333. The van der Waals surface area contributed by atoms with Crippen molar-refractivity contribution in [2.24, 2.45) is 5.92 Å².